The number of anilines is 18. The Morgan fingerprint density at radius 1 is 0.196 bits per heavy atom. The standard InChI is InChI=1S/C132H100B2F6N6Si2/c1-129(2,3)93-72-76-109(105(79-93)86-36-15-9-16-37-86)145-113-56-34-58-119-127(113)134-124-117(145)83-100(84-118(124)146(110-77-73-94(130(4,5)6)80-106(110)87-38-17-10-18-39-87)114-57-35-59-120(128(114)134)147(119,7)101-48-25-14-26-49-101)142(97-45-23-13-24-46-97)98-47-31-40-90(78-98)85-66-74-102(75-67-85)148(8)121-60-32-54-111-125(121)133-123-115(143(111)107-52-29-27-50-103(107)88-62-68-91(69-63-88)131(135,136)137)81-99(141(95-41-19-11-20-42-95)96-43-21-12-22-44-96)82-116(123)144(112-55-33-61-122(148)126(112)133)108-53-30-28-51-104(108)89-64-70-92(71-65-89)132(138,139)140/h9-84H,1-8H3. The molecule has 6 nitrogen and oxygen atoms in total. The van der Waals surface area contributed by atoms with Crippen LogP contribution in [0.3, 0.4) is 0 Å². The lowest BCUT2D eigenvalue weighted by atomic mass is 9.33. The molecule has 0 saturated carbocycles. The summed E-state index contributed by atoms with van der Waals surface area (Å²) in [5.41, 5.74) is 34.2. The minimum atomic E-state index is -4.58. The molecule has 0 bridgehead atoms. The Morgan fingerprint density at radius 3 is 0.804 bits per heavy atom. The van der Waals surface area contributed by atoms with Gasteiger partial charge in [-0.1, -0.05) is 379 Å². The lowest BCUT2D eigenvalue weighted by Crippen LogP contribution is -2.83. The predicted octanol–water partition coefficient (Wildman–Crippen LogP) is 28.6. The maximum absolute atomic E-state index is 14.8. The molecule has 0 atom stereocenters. The van der Waals surface area contributed by atoms with E-state index in [0.29, 0.717) is 11.1 Å². The average Bonchev–Trinajstić information content (AvgIpc) is 0.667. The van der Waals surface area contributed by atoms with Crippen LogP contribution in [0.15, 0.2) is 461 Å². The molecule has 6 aliphatic heterocycles. The second kappa shape index (κ2) is 34.5. The second-order valence-electron chi connectivity index (χ2n) is 42.3. The number of para-hydroxylation sites is 5. The van der Waals surface area contributed by atoms with E-state index in [2.05, 4.69) is 424 Å². The smallest absolute Gasteiger partial charge is 0.311 e. The third kappa shape index (κ3) is 14.5. The number of nitrogens with zero attached hydrogens (tertiary/aromatic N) is 6. The van der Waals surface area contributed by atoms with Crippen molar-refractivity contribution in [2.24, 2.45) is 0 Å². The molecule has 0 unspecified atom stereocenters. The molecule has 0 amide bonds. The van der Waals surface area contributed by atoms with E-state index in [1.807, 2.05) is 72.8 Å². The van der Waals surface area contributed by atoms with Crippen molar-refractivity contribution in [3.05, 3.63) is 483 Å². The van der Waals surface area contributed by atoms with E-state index in [9.17, 15) is 26.3 Å². The summed E-state index contributed by atoms with van der Waals surface area (Å²) >= 11 is 0. The van der Waals surface area contributed by atoms with Crippen LogP contribution in [0.25, 0.3) is 55.6 Å². The molecule has 0 aliphatic carbocycles. The molecule has 0 N–H and O–H groups in total. The molecule has 6 aliphatic rings. The van der Waals surface area contributed by atoms with Crippen LogP contribution in [0.1, 0.15) is 63.8 Å². The van der Waals surface area contributed by atoms with E-state index in [1.54, 1.807) is 24.3 Å². The van der Waals surface area contributed by atoms with Crippen LogP contribution < -0.4 is 93.3 Å². The van der Waals surface area contributed by atoms with Crippen LogP contribution in [0.2, 0.25) is 13.1 Å². The first kappa shape index (κ1) is 91.3. The van der Waals surface area contributed by atoms with Gasteiger partial charge in [-0.2, -0.15) is 26.3 Å². The van der Waals surface area contributed by atoms with Crippen LogP contribution in [0, 0.1) is 0 Å². The maximum Gasteiger partial charge on any atom is 0.416 e. The van der Waals surface area contributed by atoms with E-state index in [1.165, 1.54) is 77.7 Å². The van der Waals surface area contributed by atoms with E-state index < -0.39 is 46.3 Å². The van der Waals surface area contributed by atoms with Gasteiger partial charge < -0.3 is 29.4 Å². The molecule has 26 rings (SSSR count). The fourth-order valence-corrected chi connectivity index (χ4v) is 33.4. The number of hydrogen-bond donors (Lipinski definition) is 0. The lowest BCUT2D eigenvalue weighted by molar-refractivity contribution is -0.138. The highest BCUT2D eigenvalue weighted by Crippen LogP contribution is 2.57. The predicted molar refractivity (Wildman–Crippen MR) is 612 cm³/mol. The maximum atomic E-state index is 14.8. The molecule has 20 aromatic carbocycles. The quantitative estimate of drug-likeness (QED) is 0.0664. The van der Waals surface area contributed by atoms with Crippen LogP contribution >= 0.6 is 0 Å². The minimum absolute atomic E-state index is 0.176. The highest BCUT2D eigenvalue weighted by Gasteiger charge is 2.57. The molecule has 0 saturated heterocycles. The summed E-state index contributed by atoms with van der Waals surface area (Å²) in [7, 11) is -6.27. The third-order valence-electron chi connectivity index (χ3n) is 31.9. The molecule has 0 radical (unpaired) electrons. The van der Waals surface area contributed by atoms with Crippen LogP contribution in [-0.2, 0) is 23.2 Å². The van der Waals surface area contributed by atoms with Gasteiger partial charge in [0.05, 0.1) is 45.3 Å². The van der Waals surface area contributed by atoms with Crippen molar-refractivity contribution in [3.63, 3.8) is 0 Å². The van der Waals surface area contributed by atoms with Gasteiger partial charge in [0, 0.05) is 90.5 Å². The van der Waals surface area contributed by atoms with Crippen molar-refractivity contribution < 1.29 is 26.3 Å². The highest BCUT2D eigenvalue weighted by atomic mass is 28.3. The van der Waals surface area contributed by atoms with Gasteiger partial charge in [-0.3, -0.25) is 0 Å². The number of halogens is 6. The zero-order valence-electron chi connectivity index (χ0n) is 83.0. The van der Waals surface area contributed by atoms with Crippen molar-refractivity contribution in [1.29, 1.82) is 0 Å². The van der Waals surface area contributed by atoms with Crippen LogP contribution in [-0.4, -0.2) is 29.6 Å². The van der Waals surface area contributed by atoms with Gasteiger partial charge in [0.1, 0.15) is 16.1 Å². The SMILES string of the molecule is CC(C)(C)c1ccc(N2c3cc(N(c4ccccc4)c4cccc(-c5ccc([Si]6(C)c7cccc8c7B7c9c(cc(N(c%10ccccc%10)c%10ccccc%10)cc9N(c9ccccc9-c9ccc(C(F)(F)F)cc9)c9cccc6c97)N8c6ccccc6-c6ccc(C(F)(F)F)cc6)cc5)c4)cc4c3B3c5c2cccc5[Si](C)(c2ccccc2)c2cccc(c23)N4c2ccc(C(C)(C)C)cc2-c2ccccc2)c(-c2ccccc2)c1. The second-order valence-corrected chi connectivity index (χ2v) is 50.1. The molecule has 0 aromatic heterocycles. The molecule has 0 spiro atoms. The fourth-order valence-electron chi connectivity index (χ4n) is 24.9. The van der Waals surface area contributed by atoms with Crippen LogP contribution in [0.5, 0.6) is 0 Å². The topological polar surface area (TPSA) is 19.4 Å². The first-order valence-electron chi connectivity index (χ1n) is 50.8. The van der Waals surface area contributed by atoms with Gasteiger partial charge in [0.25, 0.3) is 13.4 Å². The van der Waals surface area contributed by atoms with Gasteiger partial charge in [-0.05, 0) is 256 Å². The molecule has 714 valence electrons. The summed E-state index contributed by atoms with van der Waals surface area (Å²) in [4.78, 5) is 14.7. The fraction of sp³-hybridized carbons (Fsp3) is 0.0909. The van der Waals surface area contributed by atoms with Gasteiger partial charge in [-0.25, -0.2) is 0 Å². The first-order valence-corrected chi connectivity index (χ1v) is 55.8. The van der Waals surface area contributed by atoms with Crippen molar-refractivity contribution in [1.82, 2.24) is 0 Å². The molecule has 6 heterocycles. The summed E-state index contributed by atoms with van der Waals surface area (Å²) in [5, 5.41) is 7.77. The first-order chi connectivity index (χ1) is 71.7. The summed E-state index contributed by atoms with van der Waals surface area (Å²) in [5.74, 6) is 0. The number of rotatable bonds is 17. The summed E-state index contributed by atoms with van der Waals surface area (Å²) in [6.07, 6.45) is -9.15. The molecule has 16 heteroatoms. The molecule has 20 aromatic rings. The van der Waals surface area contributed by atoms with Gasteiger partial charge >= 0.3 is 12.4 Å². The van der Waals surface area contributed by atoms with Crippen molar-refractivity contribution in [3.8, 4) is 55.6 Å². The van der Waals surface area contributed by atoms with E-state index in [-0.39, 0.29) is 17.5 Å². The Labute approximate surface area is 862 Å². The normalized spacial score (nSPS) is 14.0. The van der Waals surface area contributed by atoms with Crippen molar-refractivity contribution in [2.75, 3.05) is 29.4 Å². The van der Waals surface area contributed by atoms with E-state index >= 15 is 0 Å². The Hall–Kier alpha value is -16.7. The summed E-state index contributed by atoms with van der Waals surface area (Å²) in [6, 6.07) is 162. The highest BCUT2D eigenvalue weighted by molar-refractivity contribution is 7.22. The van der Waals surface area contributed by atoms with Crippen LogP contribution in [0.4, 0.5) is 129 Å². The number of hydrogen-bond acceptors (Lipinski definition) is 6. The third-order valence-corrected chi connectivity index (χ3v) is 40.9. The Balaban J connectivity index is 0.684. The largest absolute Gasteiger partial charge is 0.416 e. The van der Waals surface area contributed by atoms with E-state index in [0.717, 1.165) is 168 Å². The van der Waals surface area contributed by atoms with Gasteiger partial charge in [0.2, 0.25) is 0 Å². The monoisotopic (exact) mass is 1960 g/mol. The molecular formula is C132H100B2F6N6Si2. The Bertz CT molecular complexity index is 8300. The minimum Gasteiger partial charge on any atom is -0.311 e. The number of benzene rings is 20. The number of alkyl halides is 6. The van der Waals surface area contributed by atoms with Gasteiger partial charge in [0.15, 0.2) is 0 Å². The summed E-state index contributed by atoms with van der Waals surface area (Å²) < 4.78 is 88.6. The Kier molecular flexibility index (Phi) is 21.3. The van der Waals surface area contributed by atoms with Crippen molar-refractivity contribution >= 4 is 196 Å². The molecular weight excluding hydrogens is 1860 g/mol. The molecule has 0 fully saturated rings. The van der Waals surface area contributed by atoms with E-state index in [4.69, 9.17) is 0 Å². The lowest BCUT2D eigenvalue weighted by Gasteiger charge is -2.51. The van der Waals surface area contributed by atoms with Gasteiger partial charge in [-0.15, -0.1) is 0 Å². The van der Waals surface area contributed by atoms with Crippen molar-refractivity contribution in [2.45, 2.75) is 77.8 Å². The summed E-state index contributed by atoms with van der Waals surface area (Å²) in [6.45, 7) is 18.4. The average molecular weight is 1960 g/mol. The Morgan fingerprint density at radius 2 is 0.459 bits per heavy atom. The zero-order chi connectivity index (χ0) is 101. The molecule has 148 heavy (non-hydrogen) atoms. The zero-order valence-corrected chi connectivity index (χ0v) is 85.0.